The molecule has 0 N–H and O–H groups in total. The van der Waals surface area contributed by atoms with Crippen LogP contribution in [0.25, 0.3) is 0 Å². The zero-order valence-electron chi connectivity index (χ0n) is 13.8. The second kappa shape index (κ2) is 6.44. The van der Waals surface area contributed by atoms with Crippen molar-refractivity contribution in [2.75, 3.05) is 11.9 Å². The van der Waals surface area contributed by atoms with Crippen LogP contribution in [0.5, 0.6) is 5.75 Å². The molecule has 0 aliphatic carbocycles. The van der Waals surface area contributed by atoms with Gasteiger partial charge < -0.3 is 4.74 Å². The molecule has 0 atom stereocenters. The number of aryl methyl sites for hydroxylation is 1. The molecule has 0 spiro atoms. The third kappa shape index (κ3) is 4.04. The van der Waals surface area contributed by atoms with Gasteiger partial charge in [-0.2, -0.15) is 0 Å². The molecular weight excluding hydrogens is 292 g/mol. The first-order valence-corrected chi connectivity index (χ1v) is 7.68. The van der Waals surface area contributed by atoms with Crippen molar-refractivity contribution in [2.24, 2.45) is 0 Å². The highest BCUT2D eigenvalue weighted by atomic mass is 32.1. The summed E-state index contributed by atoms with van der Waals surface area (Å²) in [6.07, 6.45) is 0. The quantitative estimate of drug-likeness (QED) is 0.763. The molecule has 0 bridgehead atoms. The average Bonchev–Trinajstić information content (AvgIpc) is 2.46. The van der Waals surface area contributed by atoms with Gasteiger partial charge in [-0.1, -0.05) is 39.0 Å². The molecule has 4 heteroatoms. The summed E-state index contributed by atoms with van der Waals surface area (Å²) in [6.45, 7) is 8.47. The average molecular weight is 314 g/mol. The lowest BCUT2D eigenvalue weighted by atomic mass is 9.87. The van der Waals surface area contributed by atoms with Gasteiger partial charge in [0, 0.05) is 12.7 Å². The van der Waals surface area contributed by atoms with Crippen LogP contribution in [0.4, 0.5) is 5.82 Å². The van der Waals surface area contributed by atoms with Gasteiger partial charge in [0.25, 0.3) is 5.17 Å². The van der Waals surface area contributed by atoms with E-state index in [1.807, 2.05) is 50.4 Å². The molecule has 3 nitrogen and oxygen atoms in total. The molecule has 1 aromatic carbocycles. The van der Waals surface area contributed by atoms with Gasteiger partial charge in [-0.3, -0.25) is 4.90 Å². The second-order valence-corrected chi connectivity index (χ2v) is 6.69. The van der Waals surface area contributed by atoms with Crippen LogP contribution >= 0.6 is 12.2 Å². The van der Waals surface area contributed by atoms with Crippen LogP contribution in [-0.2, 0) is 5.41 Å². The Morgan fingerprint density at radius 2 is 1.82 bits per heavy atom. The topological polar surface area (TPSA) is 25.4 Å². The predicted molar refractivity (Wildman–Crippen MR) is 95.7 cm³/mol. The van der Waals surface area contributed by atoms with E-state index in [1.54, 1.807) is 4.90 Å². The fraction of sp³-hybridized carbons (Fsp3) is 0.333. The number of nitrogens with zero attached hydrogens (tertiary/aromatic N) is 2. The first-order valence-electron chi connectivity index (χ1n) is 7.27. The van der Waals surface area contributed by atoms with E-state index in [1.165, 1.54) is 5.56 Å². The molecule has 0 aliphatic rings. The van der Waals surface area contributed by atoms with Crippen LogP contribution in [0.2, 0.25) is 0 Å². The summed E-state index contributed by atoms with van der Waals surface area (Å²) in [4.78, 5) is 6.22. The second-order valence-electron chi connectivity index (χ2n) is 6.34. The number of rotatable bonds is 2. The first kappa shape index (κ1) is 16.4. The number of hydrogen-bond donors (Lipinski definition) is 0. The van der Waals surface area contributed by atoms with Crippen molar-refractivity contribution in [1.82, 2.24) is 4.98 Å². The van der Waals surface area contributed by atoms with Crippen LogP contribution in [0.15, 0.2) is 42.5 Å². The molecular formula is C18H22N2OS. The van der Waals surface area contributed by atoms with Crippen molar-refractivity contribution in [3.05, 3.63) is 53.7 Å². The van der Waals surface area contributed by atoms with Gasteiger partial charge in [-0.15, -0.1) is 0 Å². The lowest BCUT2D eigenvalue weighted by molar-refractivity contribution is 0.540. The molecule has 22 heavy (non-hydrogen) atoms. The molecule has 0 fully saturated rings. The van der Waals surface area contributed by atoms with E-state index in [0.29, 0.717) is 5.17 Å². The lowest BCUT2D eigenvalue weighted by Crippen LogP contribution is -2.30. The molecule has 2 aromatic rings. The molecule has 1 heterocycles. The Morgan fingerprint density at radius 3 is 2.45 bits per heavy atom. The largest absolute Gasteiger partial charge is 0.432 e. The number of thiocarbonyl (C=S) groups is 1. The van der Waals surface area contributed by atoms with E-state index < -0.39 is 0 Å². The van der Waals surface area contributed by atoms with Gasteiger partial charge in [0.05, 0.1) is 0 Å². The van der Waals surface area contributed by atoms with Gasteiger partial charge in [-0.05, 0) is 54.4 Å². The van der Waals surface area contributed by atoms with Gasteiger partial charge in [-0.25, -0.2) is 4.98 Å². The van der Waals surface area contributed by atoms with Crippen LogP contribution < -0.4 is 9.64 Å². The third-order valence-corrected chi connectivity index (χ3v) is 3.75. The summed E-state index contributed by atoms with van der Waals surface area (Å²) in [5.41, 5.74) is 2.23. The van der Waals surface area contributed by atoms with Crippen LogP contribution in [0.1, 0.15) is 32.0 Å². The molecule has 2 rings (SSSR count). The van der Waals surface area contributed by atoms with Crippen molar-refractivity contribution in [3.63, 3.8) is 0 Å². The molecule has 116 valence electrons. The van der Waals surface area contributed by atoms with Crippen molar-refractivity contribution >= 4 is 23.2 Å². The minimum atomic E-state index is 0.0744. The molecule has 0 aliphatic heterocycles. The zero-order valence-corrected chi connectivity index (χ0v) is 14.6. The number of anilines is 1. The summed E-state index contributed by atoms with van der Waals surface area (Å²) < 4.78 is 5.82. The number of benzene rings is 1. The fourth-order valence-corrected chi connectivity index (χ4v) is 2.19. The smallest absolute Gasteiger partial charge is 0.270 e. The molecule has 0 saturated carbocycles. The zero-order chi connectivity index (χ0) is 16.3. The monoisotopic (exact) mass is 314 g/mol. The van der Waals surface area contributed by atoms with Gasteiger partial charge in [0.1, 0.15) is 11.6 Å². The summed E-state index contributed by atoms with van der Waals surface area (Å²) >= 11 is 5.38. The van der Waals surface area contributed by atoms with Crippen LogP contribution in [0.3, 0.4) is 0 Å². The van der Waals surface area contributed by atoms with Crippen LogP contribution in [-0.4, -0.2) is 17.2 Å². The highest BCUT2D eigenvalue weighted by molar-refractivity contribution is 7.80. The Labute approximate surface area is 137 Å². The summed E-state index contributed by atoms with van der Waals surface area (Å²) in [5.74, 6) is 1.52. The van der Waals surface area contributed by atoms with Gasteiger partial charge in [0.2, 0.25) is 0 Å². The molecule has 0 amide bonds. The maximum Gasteiger partial charge on any atom is 0.270 e. The van der Waals surface area contributed by atoms with Crippen LogP contribution in [0, 0.1) is 6.92 Å². The number of hydrogen-bond acceptors (Lipinski definition) is 3. The lowest BCUT2D eigenvalue weighted by Gasteiger charge is -2.22. The Morgan fingerprint density at radius 1 is 1.14 bits per heavy atom. The standard InChI is InChI=1S/C18H22N2OS/c1-13-8-6-11-16(19-13)20(5)17(22)21-15-10-7-9-14(12-15)18(2,3)4/h6-12H,1-5H3. The highest BCUT2D eigenvalue weighted by Crippen LogP contribution is 2.26. The number of aromatic nitrogens is 1. The van der Waals surface area contributed by atoms with E-state index in [0.717, 1.165) is 17.3 Å². The summed E-state index contributed by atoms with van der Waals surface area (Å²) in [5, 5.41) is 0.379. The third-order valence-electron chi connectivity index (χ3n) is 3.40. The SMILES string of the molecule is Cc1cccc(N(C)C(=S)Oc2cccc(C(C)(C)C)c2)n1. The van der Waals surface area contributed by atoms with E-state index in [2.05, 4.69) is 31.8 Å². The maximum atomic E-state index is 5.82. The number of ether oxygens (including phenoxy) is 1. The first-order chi connectivity index (χ1) is 10.3. The van der Waals surface area contributed by atoms with Gasteiger partial charge >= 0.3 is 0 Å². The van der Waals surface area contributed by atoms with E-state index in [4.69, 9.17) is 17.0 Å². The Balaban J connectivity index is 2.15. The number of pyridine rings is 1. The highest BCUT2D eigenvalue weighted by Gasteiger charge is 2.15. The summed E-state index contributed by atoms with van der Waals surface area (Å²) in [7, 11) is 1.86. The summed E-state index contributed by atoms with van der Waals surface area (Å²) in [6, 6.07) is 13.9. The van der Waals surface area contributed by atoms with Gasteiger partial charge in [0.15, 0.2) is 0 Å². The van der Waals surface area contributed by atoms with E-state index >= 15 is 0 Å². The Bertz CT molecular complexity index is 677. The fourth-order valence-electron chi connectivity index (χ4n) is 2.00. The normalized spacial score (nSPS) is 11.1. The van der Waals surface area contributed by atoms with E-state index in [9.17, 15) is 0 Å². The van der Waals surface area contributed by atoms with Crippen molar-refractivity contribution in [1.29, 1.82) is 0 Å². The minimum absolute atomic E-state index is 0.0744. The van der Waals surface area contributed by atoms with E-state index in [-0.39, 0.29) is 5.41 Å². The molecule has 0 saturated heterocycles. The van der Waals surface area contributed by atoms with Crippen molar-refractivity contribution in [3.8, 4) is 5.75 Å². The molecule has 1 aromatic heterocycles. The maximum absolute atomic E-state index is 5.82. The Hall–Kier alpha value is -1.94. The molecule has 0 radical (unpaired) electrons. The van der Waals surface area contributed by atoms with Crippen molar-refractivity contribution in [2.45, 2.75) is 33.1 Å². The predicted octanol–water partition coefficient (Wildman–Crippen LogP) is 4.49. The minimum Gasteiger partial charge on any atom is -0.432 e. The van der Waals surface area contributed by atoms with Crippen molar-refractivity contribution < 1.29 is 4.74 Å². The molecule has 0 unspecified atom stereocenters. The Kier molecular flexibility index (Phi) is 4.81.